The summed E-state index contributed by atoms with van der Waals surface area (Å²) in [5, 5.41) is 4.35. The third-order valence-corrected chi connectivity index (χ3v) is 2.97. The first-order valence-corrected chi connectivity index (χ1v) is 6.09. The van der Waals surface area contributed by atoms with Crippen LogP contribution in [0.5, 0.6) is 0 Å². The molecule has 0 saturated heterocycles. The van der Waals surface area contributed by atoms with E-state index in [4.69, 9.17) is 0 Å². The van der Waals surface area contributed by atoms with Crippen molar-refractivity contribution in [1.29, 1.82) is 0 Å². The van der Waals surface area contributed by atoms with Crippen molar-refractivity contribution in [2.24, 2.45) is 0 Å². The van der Waals surface area contributed by atoms with Gasteiger partial charge in [-0.3, -0.25) is 14.5 Å². The molecule has 0 unspecified atom stereocenters. The Morgan fingerprint density at radius 1 is 1.39 bits per heavy atom. The van der Waals surface area contributed by atoms with E-state index in [0.29, 0.717) is 12.0 Å². The Balaban J connectivity index is 2.24. The minimum absolute atomic E-state index is 0.0928. The molecule has 2 heterocycles. The van der Waals surface area contributed by atoms with Crippen LogP contribution in [0.4, 0.5) is 0 Å². The van der Waals surface area contributed by atoms with Crippen LogP contribution in [0, 0.1) is 13.8 Å². The summed E-state index contributed by atoms with van der Waals surface area (Å²) in [6.45, 7) is 6.67. The molecular weight excluding hydrogens is 226 g/mol. The van der Waals surface area contributed by atoms with Gasteiger partial charge in [-0.1, -0.05) is 0 Å². The van der Waals surface area contributed by atoms with E-state index >= 15 is 0 Å². The summed E-state index contributed by atoms with van der Waals surface area (Å²) in [6.07, 6.45) is 3.71. The van der Waals surface area contributed by atoms with Crippen molar-refractivity contribution in [3.63, 3.8) is 0 Å². The lowest BCUT2D eigenvalue weighted by molar-refractivity contribution is 0.0989. The van der Waals surface area contributed by atoms with Crippen LogP contribution in [0.2, 0.25) is 0 Å². The van der Waals surface area contributed by atoms with Gasteiger partial charge in [-0.15, -0.1) is 0 Å². The van der Waals surface area contributed by atoms with Crippen molar-refractivity contribution in [2.75, 3.05) is 0 Å². The van der Waals surface area contributed by atoms with E-state index < -0.39 is 0 Å². The van der Waals surface area contributed by atoms with Crippen LogP contribution in [-0.2, 0) is 13.0 Å². The predicted molar refractivity (Wildman–Crippen MR) is 69.6 cm³/mol. The fourth-order valence-electron chi connectivity index (χ4n) is 2.03. The third-order valence-electron chi connectivity index (χ3n) is 2.97. The average molecular weight is 243 g/mol. The maximum atomic E-state index is 12.2. The van der Waals surface area contributed by atoms with E-state index in [2.05, 4.69) is 10.1 Å². The second kappa shape index (κ2) is 5.12. The van der Waals surface area contributed by atoms with E-state index in [-0.39, 0.29) is 5.78 Å². The fraction of sp³-hybridized carbons (Fsp3) is 0.357. The molecule has 0 saturated carbocycles. The van der Waals surface area contributed by atoms with Crippen molar-refractivity contribution in [3.8, 4) is 0 Å². The number of carbonyl (C=O) groups excluding carboxylic acids is 1. The number of aryl methyl sites for hydroxylation is 3. The molecule has 0 atom stereocenters. The molecule has 0 fully saturated rings. The Morgan fingerprint density at radius 2 is 2.17 bits per heavy atom. The predicted octanol–water partition coefficient (Wildman–Crippen LogP) is 2.34. The number of pyridine rings is 1. The minimum atomic E-state index is 0.0928. The van der Waals surface area contributed by atoms with Crippen molar-refractivity contribution >= 4 is 5.78 Å². The molecule has 2 aromatic heterocycles. The van der Waals surface area contributed by atoms with Gasteiger partial charge in [0.15, 0.2) is 5.78 Å². The smallest absolute Gasteiger partial charge is 0.170 e. The first-order chi connectivity index (χ1) is 8.61. The molecule has 0 amide bonds. The fourth-order valence-corrected chi connectivity index (χ4v) is 2.03. The van der Waals surface area contributed by atoms with E-state index in [0.717, 1.165) is 23.5 Å². The number of hydrogen-bond acceptors (Lipinski definition) is 3. The van der Waals surface area contributed by atoms with Crippen LogP contribution in [-0.4, -0.2) is 20.5 Å². The topological polar surface area (TPSA) is 47.8 Å². The molecule has 0 aliphatic rings. The summed E-state index contributed by atoms with van der Waals surface area (Å²) in [6, 6.07) is 3.82. The highest BCUT2D eigenvalue weighted by atomic mass is 16.1. The van der Waals surface area contributed by atoms with Gasteiger partial charge in [-0.25, -0.2) is 0 Å². The van der Waals surface area contributed by atoms with Crippen LogP contribution in [0.25, 0.3) is 0 Å². The lowest BCUT2D eigenvalue weighted by Crippen LogP contribution is -2.11. The summed E-state index contributed by atoms with van der Waals surface area (Å²) in [5.41, 5.74) is 3.57. The molecule has 94 valence electrons. The molecule has 4 nitrogen and oxygen atoms in total. The normalized spacial score (nSPS) is 10.6. The number of carbonyl (C=O) groups is 1. The second-order valence-corrected chi connectivity index (χ2v) is 4.38. The van der Waals surface area contributed by atoms with E-state index in [1.54, 1.807) is 12.4 Å². The summed E-state index contributed by atoms with van der Waals surface area (Å²) in [7, 11) is 0. The molecular formula is C14H17N3O. The maximum absolute atomic E-state index is 12.2. The quantitative estimate of drug-likeness (QED) is 0.774. The summed E-state index contributed by atoms with van der Waals surface area (Å²) in [5.74, 6) is 0.0928. The minimum Gasteiger partial charge on any atom is -0.294 e. The summed E-state index contributed by atoms with van der Waals surface area (Å²) in [4.78, 5) is 16.2. The first kappa shape index (κ1) is 12.5. The third kappa shape index (κ3) is 2.47. The highest BCUT2D eigenvalue weighted by molar-refractivity contribution is 5.98. The Labute approximate surface area is 107 Å². The second-order valence-electron chi connectivity index (χ2n) is 4.38. The molecule has 0 aliphatic carbocycles. The van der Waals surface area contributed by atoms with Gasteiger partial charge in [0, 0.05) is 30.2 Å². The molecule has 0 bridgehead atoms. The highest BCUT2D eigenvalue weighted by Gasteiger charge is 2.13. The van der Waals surface area contributed by atoms with Gasteiger partial charge in [0.05, 0.1) is 12.1 Å². The zero-order valence-electron chi connectivity index (χ0n) is 11.0. The van der Waals surface area contributed by atoms with E-state index in [1.165, 1.54) is 0 Å². The number of Topliss-reactive ketones (excluding diaryl/α,β-unsaturated/α-hetero) is 1. The lowest BCUT2D eigenvalue weighted by Gasteiger charge is -2.05. The zero-order valence-corrected chi connectivity index (χ0v) is 11.0. The number of nitrogens with zero attached hydrogens (tertiary/aromatic N) is 3. The molecule has 0 radical (unpaired) electrons. The number of hydrogen-bond donors (Lipinski definition) is 0. The van der Waals surface area contributed by atoms with Crippen LogP contribution >= 0.6 is 0 Å². The van der Waals surface area contributed by atoms with Gasteiger partial charge in [-0.05, 0) is 38.5 Å². The Hall–Kier alpha value is -1.97. The largest absolute Gasteiger partial charge is 0.294 e. The monoisotopic (exact) mass is 243 g/mol. The van der Waals surface area contributed by atoms with Crippen LogP contribution in [0.1, 0.15) is 34.2 Å². The van der Waals surface area contributed by atoms with E-state index in [9.17, 15) is 4.79 Å². The Morgan fingerprint density at radius 3 is 2.83 bits per heavy atom. The maximum Gasteiger partial charge on any atom is 0.170 e. The molecule has 0 aromatic carbocycles. The number of aromatic nitrogens is 3. The van der Waals surface area contributed by atoms with Gasteiger partial charge in [0.2, 0.25) is 0 Å². The van der Waals surface area contributed by atoms with Crippen molar-refractivity contribution in [1.82, 2.24) is 14.8 Å². The van der Waals surface area contributed by atoms with Gasteiger partial charge in [-0.2, -0.15) is 5.10 Å². The lowest BCUT2D eigenvalue weighted by atomic mass is 10.0. The highest BCUT2D eigenvalue weighted by Crippen LogP contribution is 2.12. The standard InChI is InChI=1S/C14H17N3O/c1-4-17-12(7-11(3)16-17)8-14(18)13-9-15-6-5-10(13)2/h5-7,9H,4,8H2,1-3H3. The average Bonchev–Trinajstić information content (AvgIpc) is 2.70. The molecule has 18 heavy (non-hydrogen) atoms. The molecule has 0 N–H and O–H groups in total. The number of rotatable bonds is 4. The summed E-state index contributed by atoms with van der Waals surface area (Å²) < 4.78 is 1.87. The Kier molecular flexibility index (Phi) is 3.55. The molecule has 4 heteroatoms. The molecule has 2 rings (SSSR count). The first-order valence-electron chi connectivity index (χ1n) is 6.09. The molecule has 0 spiro atoms. The van der Waals surface area contributed by atoms with E-state index in [1.807, 2.05) is 37.6 Å². The summed E-state index contributed by atoms with van der Waals surface area (Å²) >= 11 is 0. The van der Waals surface area contributed by atoms with Crippen molar-refractivity contribution in [3.05, 3.63) is 47.0 Å². The molecule has 0 aliphatic heterocycles. The van der Waals surface area contributed by atoms with Crippen molar-refractivity contribution < 1.29 is 4.79 Å². The van der Waals surface area contributed by atoms with Gasteiger partial charge < -0.3 is 0 Å². The molecule has 2 aromatic rings. The van der Waals surface area contributed by atoms with Crippen molar-refractivity contribution in [2.45, 2.75) is 33.7 Å². The van der Waals surface area contributed by atoms with Crippen LogP contribution < -0.4 is 0 Å². The number of ketones is 1. The van der Waals surface area contributed by atoms with Gasteiger partial charge >= 0.3 is 0 Å². The Bertz CT molecular complexity index is 572. The van der Waals surface area contributed by atoms with Gasteiger partial charge in [0.1, 0.15) is 0 Å². The zero-order chi connectivity index (χ0) is 13.1. The SMILES string of the molecule is CCn1nc(C)cc1CC(=O)c1cnccc1C. The van der Waals surface area contributed by atoms with Crippen LogP contribution in [0.15, 0.2) is 24.5 Å². The van der Waals surface area contributed by atoms with Crippen LogP contribution in [0.3, 0.4) is 0 Å². The van der Waals surface area contributed by atoms with Gasteiger partial charge in [0.25, 0.3) is 0 Å².